The lowest BCUT2D eigenvalue weighted by atomic mass is 9.83. The van der Waals surface area contributed by atoms with Crippen molar-refractivity contribution >= 4 is 34.0 Å². The number of carboxylic acid groups (broad SMARTS) is 1. The molecule has 5 rings (SSSR count). The van der Waals surface area contributed by atoms with Gasteiger partial charge in [0.2, 0.25) is 5.78 Å². The van der Waals surface area contributed by atoms with Crippen LogP contribution in [0.25, 0.3) is 22.0 Å². The van der Waals surface area contributed by atoms with E-state index < -0.39 is 11.8 Å². The maximum Gasteiger partial charge on any atom is 0.346 e. The number of hydrogen-bond donors (Lipinski definition) is 4. The highest BCUT2D eigenvalue weighted by molar-refractivity contribution is 7.17. The van der Waals surface area contributed by atoms with E-state index in [-0.39, 0.29) is 27.7 Å². The molecule has 4 N–H and O–H groups in total. The number of aromatic amines is 1. The fraction of sp³-hybridized carbons (Fsp3) is 0.333. The molecule has 2 heterocycles. The molecule has 0 bridgehead atoms. The molecule has 0 radical (unpaired) electrons. The topological polar surface area (TPSA) is 111 Å². The minimum Gasteiger partial charge on any atom is -0.506 e. The van der Waals surface area contributed by atoms with E-state index in [1.54, 1.807) is 6.20 Å². The number of aromatic nitrogens is 1. The van der Waals surface area contributed by atoms with E-state index in [0.717, 1.165) is 53.5 Å². The third-order valence-electron chi connectivity index (χ3n) is 7.46. The Hall–Kier alpha value is -3.42. The summed E-state index contributed by atoms with van der Waals surface area (Å²) < 4.78 is 0. The van der Waals surface area contributed by atoms with Crippen molar-refractivity contribution in [2.24, 2.45) is 0 Å². The number of rotatable bonds is 9. The number of unbranched alkanes of at least 4 members (excludes halogenated alkanes) is 1. The monoisotopic (exact) mass is 517 g/mol. The van der Waals surface area contributed by atoms with E-state index in [4.69, 9.17) is 5.11 Å². The predicted octanol–water partition coefficient (Wildman–Crippen LogP) is 6.89. The second kappa shape index (κ2) is 10.9. The summed E-state index contributed by atoms with van der Waals surface area (Å²) in [5.41, 5.74) is 4.31. The number of aromatic carboxylic acids is 1. The van der Waals surface area contributed by atoms with Crippen LogP contribution in [0.1, 0.15) is 86.9 Å². The van der Waals surface area contributed by atoms with Gasteiger partial charge in [0.05, 0.1) is 0 Å². The summed E-state index contributed by atoms with van der Waals surface area (Å²) in [5.74, 6) is -1.35. The molecule has 0 aliphatic heterocycles. The Bertz CT molecular complexity index is 1430. The Morgan fingerprint density at radius 1 is 0.973 bits per heavy atom. The maximum absolute atomic E-state index is 13.6. The summed E-state index contributed by atoms with van der Waals surface area (Å²) in [7, 11) is 0. The van der Waals surface area contributed by atoms with Crippen molar-refractivity contribution in [1.29, 1.82) is 0 Å². The highest BCUT2D eigenvalue weighted by Crippen LogP contribution is 2.44. The normalized spacial score (nSPS) is 14.3. The second-order valence-electron chi connectivity index (χ2n) is 9.80. The van der Waals surface area contributed by atoms with Gasteiger partial charge in [-0.15, -0.1) is 11.3 Å². The molecule has 1 aliphatic carbocycles. The van der Waals surface area contributed by atoms with Crippen molar-refractivity contribution in [3.63, 3.8) is 0 Å². The number of aryl methyl sites for hydroxylation is 1. The zero-order chi connectivity index (χ0) is 25.9. The van der Waals surface area contributed by atoms with Gasteiger partial charge in [-0.05, 0) is 54.7 Å². The first-order valence-corrected chi connectivity index (χ1v) is 13.7. The van der Waals surface area contributed by atoms with Crippen molar-refractivity contribution in [2.45, 2.75) is 57.3 Å². The number of para-hydroxylation sites is 1. The molecule has 192 valence electrons. The molecule has 4 aromatic rings. The molecule has 0 atom stereocenters. The van der Waals surface area contributed by atoms with Crippen LogP contribution in [0.15, 0.2) is 48.7 Å². The Morgan fingerprint density at radius 2 is 1.73 bits per heavy atom. The van der Waals surface area contributed by atoms with Gasteiger partial charge in [0.15, 0.2) is 0 Å². The summed E-state index contributed by atoms with van der Waals surface area (Å²) in [5, 5.41) is 30.9. The van der Waals surface area contributed by atoms with Crippen LogP contribution in [0.2, 0.25) is 0 Å². The molecule has 1 aliphatic rings. The van der Waals surface area contributed by atoms with Gasteiger partial charge in [0.25, 0.3) is 0 Å². The zero-order valence-corrected chi connectivity index (χ0v) is 21.4. The molecule has 0 saturated heterocycles. The second-order valence-corrected chi connectivity index (χ2v) is 10.8. The number of aliphatic hydroxyl groups excluding tert-OH is 1. The van der Waals surface area contributed by atoms with Gasteiger partial charge in [-0.2, -0.15) is 0 Å². The zero-order valence-electron chi connectivity index (χ0n) is 20.6. The number of carboxylic acids is 1. The fourth-order valence-corrected chi connectivity index (χ4v) is 6.52. The number of thiophene rings is 1. The Kier molecular flexibility index (Phi) is 7.44. The van der Waals surface area contributed by atoms with E-state index >= 15 is 0 Å². The minimum absolute atomic E-state index is 0.0235. The largest absolute Gasteiger partial charge is 0.506 e. The highest BCUT2D eigenvalue weighted by atomic mass is 32.1. The number of hydrogen-bond acceptors (Lipinski definition) is 5. The third kappa shape index (κ3) is 4.93. The van der Waals surface area contributed by atoms with Crippen LogP contribution < -0.4 is 0 Å². The van der Waals surface area contributed by atoms with Crippen LogP contribution in [0.5, 0.6) is 5.75 Å². The lowest BCUT2D eigenvalue weighted by Gasteiger charge is -2.22. The smallest absolute Gasteiger partial charge is 0.346 e. The van der Waals surface area contributed by atoms with Crippen LogP contribution in [0, 0.1) is 0 Å². The molecule has 1 saturated carbocycles. The molecular formula is C30H31NO5S. The number of fused-ring (bicyclic) bond motifs is 1. The molecule has 37 heavy (non-hydrogen) atoms. The number of benzene rings is 2. The minimum atomic E-state index is -1.17. The van der Waals surface area contributed by atoms with Crippen LogP contribution in [0.3, 0.4) is 0 Å². The molecule has 2 aromatic carbocycles. The van der Waals surface area contributed by atoms with Gasteiger partial charge in [-0.25, -0.2) is 4.79 Å². The number of aliphatic hydroxyl groups is 1. The molecule has 2 aromatic heterocycles. The van der Waals surface area contributed by atoms with E-state index in [2.05, 4.69) is 4.98 Å². The van der Waals surface area contributed by atoms with E-state index in [1.165, 1.54) is 24.8 Å². The SMILES string of the molecule is O=C(O)c1sc(C(=O)c2c[nH]c3c(CCCCO)cccc23)c(O)c1-c1ccc(C2CCCCC2)cc1. The van der Waals surface area contributed by atoms with Gasteiger partial charge in [0.1, 0.15) is 15.5 Å². The molecular weight excluding hydrogens is 486 g/mol. The number of carbonyl (C=O) groups is 2. The summed E-state index contributed by atoms with van der Waals surface area (Å²) in [6, 6.07) is 13.5. The Morgan fingerprint density at radius 3 is 2.43 bits per heavy atom. The standard InChI is InChI=1S/C30H31NO5S/c32-16-5-4-9-21-10-6-11-22-23(17-31-25(21)22)26(33)29-27(34)24(28(37-29)30(35)36)20-14-12-19(13-15-20)18-7-2-1-3-8-18/h6,10-15,17-18,31-32,34H,1-5,7-9,16H2,(H,35,36). The quantitative estimate of drug-likeness (QED) is 0.143. The van der Waals surface area contributed by atoms with Crippen LogP contribution in [-0.4, -0.2) is 38.7 Å². The number of aromatic hydroxyl groups is 1. The van der Waals surface area contributed by atoms with Crippen molar-refractivity contribution in [3.8, 4) is 16.9 Å². The van der Waals surface area contributed by atoms with Crippen LogP contribution in [-0.2, 0) is 6.42 Å². The third-order valence-corrected chi connectivity index (χ3v) is 8.63. The fourth-order valence-electron chi connectivity index (χ4n) is 5.52. The van der Waals surface area contributed by atoms with Gasteiger partial charge >= 0.3 is 5.97 Å². The first-order chi connectivity index (χ1) is 18.0. The van der Waals surface area contributed by atoms with Crippen molar-refractivity contribution in [3.05, 3.63) is 75.1 Å². The Labute approximate surface area is 219 Å². The lowest BCUT2D eigenvalue weighted by molar-refractivity contribution is 0.0702. The average Bonchev–Trinajstić information content (AvgIpc) is 3.51. The average molecular weight is 518 g/mol. The van der Waals surface area contributed by atoms with Crippen molar-refractivity contribution in [1.82, 2.24) is 4.98 Å². The lowest BCUT2D eigenvalue weighted by Crippen LogP contribution is -2.04. The van der Waals surface area contributed by atoms with Crippen molar-refractivity contribution in [2.75, 3.05) is 6.61 Å². The van der Waals surface area contributed by atoms with Gasteiger partial charge in [-0.1, -0.05) is 61.7 Å². The number of H-pyrrole nitrogens is 1. The molecule has 0 unspecified atom stereocenters. The maximum atomic E-state index is 13.6. The predicted molar refractivity (Wildman–Crippen MR) is 146 cm³/mol. The van der Waals surface area contributed by atoms with E-state index in [9.17, 15) is 19.8 Å². The Balaban J connectivity index is 1.49. The molecule has 0 amide bonds. The first kappa shape index (κ1) is 25.2. The van der Waals surface area contributed by atoms with Crippen molar-refractivity contribution < 1.29 is 24.9 Å². The van der Waals surface area contributed by atoms with Gasteiger partial charge in [-0.3, -0.25) is 4.79 Å². The number of ketones is 1. The highest BCUT2D eigenvalue weighted by Gasteiger charge is 2.29. The van der Waals surface area contributed by atoms with E-state index in [1.807, 2.05) is 42.5 Å². The number of carbonyl (C=O) groups excluding carboxylic acids is 1. The van der Waals surface area contributed by atoms with Gasteiger partial charge in [0, 0.05) is 34.8 Å². The van der Waals surface area contributed by atoms with Gasteiger partial charge < -0.3 is 20.3 Å². The summed E-state index contributed by atoms with van der Waals surface area (Å²) >= 11 is 0.817. The molecule has 7 heteroatoms. The number of nitrogens with one attached hydrogen (secondary N) is 1. The molecule has 0 spiro atoms. The molecule has 6 nitrogen and oxygen atoms in total. The first-order valence-electron chi connectivity index (χ1n) is 12.9. The summed E-state index contributed by atoms with van der Waals surface area (Å²) in [6.45, 7) is 0.139. The summed E-state index contributed by atoms with van der Waals surface area (Å²) in [4.78, 5) is 28.9. The van der Waals surface area contributed by atoms with E-state index in [0.29, 0.717) is 23.5 Å². The van der Waals surface area contributed by atoms with Crippen LogP contribution >= 0.6 is 11.3 Å². The molecule has 1 fully saturated rings. The summed E-state index contributed by atoms with van der Waals surface area (Å²) in [6.07, 6.45) is 9.97. The van der Waals surface area contributed by atoms with Crippen LogP contribution in [0.4, 0.5) is 0 Å².